The molecular formula is C26H19BrF3N3O4S. The normalized spacial score (nSPS) is 18.1. The number of thioether (sulfide) groups is 1. The number of anilines is 1. The lowest BCUT2D eigenvalue weighted by Gasteiger charge is -2.32. The molecule has 2 aliphatic rings. The summed E-state index contributed by atoms with van der Waals surface area (Å²) in [5.41, 5.74) is 0.394. The smallest absolute Gasteiger partial charge is 0.416 e. The van der Waals surface area contributed by atoms with Gasteiger partial charge in [0.25, 0.3) is 0 Å². The molecule has 0 spiro atoms. The molecule has 1 N–H and O–H groups in total. The summed E-state index contributed by atoms with van der Waals surface area (Å²) in [7, 11) is 0. The Hall–Kier alpha value is -3.51. The van der Waals surface area contributed by atoms with Crippen LogP contribution in [0.3, 0.4) is 0 Å². The molecule has 0 saturated carbocycles. The first kappa shape index (κ1) is 26.1. The Kier molecular flexibility index (Phi) is 7.35. The van der Waals surface area contributed by atoms with Crippen molar-refractivity contribution in [3.63, 3.8) is 0 Å². The predicted molar refractivity (Wildman–Crippen MR) is 140 cm³/mol. The number of nitrogens with zero attached hydrogens (tertiary/aromatic N) is 2. The van der Waals surface area contributed by atoms with Gasteiger partial charge in [-0.3, -0.25) is 14.5 Å². The fourth-order valence-electron chi connectivity index (χ4n) is 3.87. The second kappa shape index (κ2) is 10.7. The number of amides is 2. The molecule has 196 valence electrons. The molecule has 3 aromatic carbocycles. The summed E-state index contributed by atoms with van der Waals surface area (Å²) in [5.74, 6) is 0.306. The number of carbonyl (C=O) groups excluding carboxylic acids is 2. The number of amidine groups is 1. The molecule has 12 heteroatoms. The first-order chi connectivity index (χ1) is 18.2. The molecule has 0 unspecified atom stereocenters. The Morgan fingerprint density at radius 1 is 1.08 bits per heavy atom. The highest BCUT2D eigenvalue weighted by atomic mass is 79.9. The minimum Gasteiger partial charge on any atom is -0.454 e. The van der Waals surface area contributed by atoms with Crippen LogP contribution in [0.1, 0.15) is 17.5 Å². The average Bonchev–Trinajstić information content (AvgIpc) is 3.33. The largest absolute Gasteiger partial charge is 0.454 e. The minimum atomic E-state index is -4.55. The Balaban J connectivity index is 1.45. The Morgan fingerprint density at radius 2 is 1.87 bits per heavy atom. The van der Waals surface area contributed by atoms with Gasteiger partial charge in [0.05, 0.1) is 17.8 Å². The van der Waals surface area contributed by atoms with E-state index >= 15 is 0 Å². The summed E-state index contributed by atoms with van der Waals surface area (Å²) in [5, 5.41) is 2.07. The summed E-state index contributed by atoms with van der Waals surface area (Å²) in [6.07, 6.45) is -4.67. The molecule has 2 amide bonds. The predicted octanol–water partition coefficient (Wildman–Crippen LogP) is 6.36. The molecular weight excluding hydrogens is 587 g/mol. The van der Waals surface area contributed by atoms with E-state index in [1.165, 1.54) is 17.0 Å². The van der Waals surface area contributed by atoms with Gasteiger partial charge in [0.1, 0.15) is 5.25 Å². The molecule has 3 aromatic rings. The first-order valence-corrected chi connectivity index (χ1v) is 13.0. The third kappa shape index (κ3) is 5.97. The number of rotatable bonds is 5. The van der Waals surface area contributed by atoms with Gasteiger partial charge < -0.3 is 14.8 Å². The molecule has 2 heterocycles. The highest BCUT2D eigenvalue weighted by Crippen LogP contribution is 2.36. The summed E-state index contributed by atoms with van der Waals surface area (Å²) < 4.78 is 51.4. The van der Waals surface area contributed by atoms with Crippen LogP contribution in [0.2, 0.25) is 0 Å². The van der Waals surface area contributed by atoms with Crippen molar-refractivity contribution < 1.29 is 32.2 Å². The van der Waals surface area contributed by atoms with Crippen molar-refractivity contribution >= 4 is 56.0 Å². The van der Waals surface area contributed by atoms with E-state index in [2.05, 4.69) is 26.2 Å². The van der Waals surface area contributed by atoms with Crippen molar-refractivity contribution in [1.82, 2.24) is 4.90 Å². The third-order valence-electron chi connectivity index (χ3n) is 5.70. The van der Waals surface area contributed by atoms with Crippen LogP contribution in [0.25, 0.3) is 0 Å². The number of halogens is 4. The second-order valence-electron chi connectivity index (χ2n) is 8.42. The lowest BCUT2D eigenvalue weighted by molar-refractivity contribution is -0.137. The average molecular weight is 606 g/mol. The van der Waals surface area contributed by atoms with Gasteiger partial charge in [0.2, 0.25) is 18.6 Å². The minimum absolute atomic E-state index is 0.0128. The van der Waals surface area contributed by atoms with Crippen molar-refractivity contribution in [2.45, 2.75) is 24.4 Å². The van der Waals surface area contributed by atoms with Crippen molar-refractivity contribution in [3.8, 4) is 11.5 Å². The van der Waals surface area contributed by atoms with Crippen molar-refractivity contribution in [3.05, 3.63) is 82.3 Å². The fraction of sp³-hybridized carbons (Fsp3) is 0.192. The van der Waals surface area contributed by atoms with Gasteiger partial charge in [-0.1, -0.05) is 45.9 Å². The number of hydrogen-bond donors (Lipinski definition) is 1. The number of benzene rings is 3. The number of nitrogens with one attached hydrogen (secondary N) is 1. The topological polar surface area (TPSA) is 80.2 Å². The number of fused-ring (bicyclic) bond motifs is 1. The molecule has 1 atom stereocenters. The number of carbonyl (C=O) groups is 2. The first-order valence-electron chi connectivity index (χ1n) is 11.3. The SMILES string of the molecule is O=C(Nc1cccc(Br)c1)[C@H]1CC(=O)N(Cc2ccc3c(c2)OCO3)C(=Nc2cccc(C(F)(F)F)c2)S1. The van der Waals surface area contributed by atoms with E-state index in [1.807, 2.05) is 6.07 Å². The summed E-state index contributed by atoms with van der Waals surface area (Å²) in [6.45, 7) is 0.175. The van der Waals surface area contributed by atoms with Gasteiger partial charge in [-0.2, -0.15) is 13.2 Å². The standard InChI is InChI=1S/C26H19BrF3N3O4S/c27-17-4-2-6-19(11-17)31-24(35)22-12-23(34)33(13-15-7-8-20-21(9-15)37-14-36-20)25(38-22)32-18-5-1-3-16(10-18)26(28,29)30/h1-11,22H,12-14H2,(H,31,35)/t22-/m1/s1. The molecule has 5 rings (SSSR count). The van der Waals surface area contributed by atoms with Gasteiger partial charge in [-0.25, -0.2) is 4.99 Å². The van der Waals surface area contributed by atoms with Gasteiger partial charge >= 0.3 is 6.18 Å². The molecule has 1 fully saturated rings. The Labute approximate surface area is 228 Å². The van der Waals surface area contributed by atoms with E-state index in [0.717, 1.165) is 28.4 Å². The van der Waals surface area contributed by atoms with Crippen LogP contribution in [0.15, 0.2) is 76.2 Å². The van der Waals surface area contributed by atoms with Gasteiger partial charge in [-0.05, 0) is 54.1 Å². The van der Waals surface area contributed by atoms with Crippen molar-refractivity contribution in [2.24, 2.45) is 4.99 Å². The van der Waals surface area contributed by atoms with Gasteiger partial charge in [0.15, 0.2) is 16.7 Å². The van der Waals surface area contributed by atoms with Crippen molar-refractivity contribution in [1.29, 1.82) is 0 Å². The molecule has 38 heavy (non-hydrogen) atoms. The van der Waals surface area contributed by atoms with E-state index in [1.54, 1.807) is 36.4 Å². The maximum Gasteiger partial charge on any atom is 0.416 e. The van der Waals surface area contributed by atoms with Crippen LogP contribution in [0.4, 0.5) is 24.5 Å². The lowest BCUT2D eigenvalue weighted by Crippen LogP contribution is -2.44. The van der Waals surface area contributed by atoms with E-state index in [9.17, 15) is 22.8 Å². The maximum absolute atomic E-state index is 13.3. The highest BCUT2D eigenvalue weighted by molar-refractivity contribution is 9.10. The summed E-state index contributed by atoms with van der Waals surface area (Å²) >= 11 is 4.37. The molecule has 0 aromatic heterocycles. The number of hydrogen-bond acceptors (Lipinski definition) is 6. The van der Waals surface area contributed by atoms with E-state index in [0.29, 0.717) is 22.7 Å². The van der Waals surface area contributed by atoms with Gasteiger partial charge in [-0.15, -0.1) is 0 Å². The Morgan fingerprint density at radius 3 is 2.66 bits per heavy atom. The highest BCUT2D eigenvalue weighted by Gasteiger charge is 2.36. The second-order valence-corrected chi connectivity index (χ2v) is 10.5. The zero-order valence-corrected chi connectivity index (χ0v) is 21.9. The van der Waals surface area contributed by atoms with E-state index in [4.69, 9.17) is 9.47 Å². The summed E-state index contributed by atoms with van der Waals surface area (Å²) in [4.78, 5) is 32.1. The van der Waals surface area contributed by atoms with Crippen LogP contribution in [0.5, 0.6) is 11.5 Å². The third-order valence-corrected chi connectivity index (χ3v) is 7.38. The van der Waals surface area contributed by atoms with Crippen molar-refractivity contribution in [2.75, 3.05) is 12.1 Å². The molecule has 0 radical (unpaired) electrons. The van der Waals surface area contributed by atoms with Crippen LogP contribution < -0.4 is 14.8 Å². The van der Waals surface area contributed by atoms with Gasteiger partial charge in [0, 0.05) is 16.6 Å². The molecule has 0 bridgehead atoms. The van der Waals surface area contributed by atoms with Crippen LogP contribution in [0, 0.1) is 0 Å². The monoisotopic (exact) mass is 605 g/mol. The maximum atomic E-state index is 13.3. The summed E-state index contributed by atoms with van der Waals surface area (Å²) in [6, 6.07) is 16.7. The fourth-order valence-corrected chi connectivity index (χ4v) is 5.37. The number of alkyl halides is 3. The quantitative estimate of drug-likeness (QED) is 0.366. The Bertz CT molecular complexity index is 1430. The zero-order valence-electron chi connectivity index (χ0n) is 19.5. The molecule has 1 saturated heterocycles. The van der Waals surface area contributed by atoms with E-state index < -0.39 is 22.9 Å². The molecule has 2 aliphatic heterocycles. The van der Waals surface area contributed by atoms with Crippen LogP contribution in [-0.2, 0) is 22.3 Å². The zero-order chi connectivity index (χ0) is 26.9. The molecule has 0 aliphatic carbocycles. The van der Waals surface area contributed by atoms with Crippen LogP contribution in [-0.4, -0.2) is 33.9 Å². The molecule has 7 nitrogen and oxygen atoms in total. The number of ether oxygens (including phenoxy) is 2. The lowest BCUT2D eigenvalue weighted by atomic mass is 10.1. The van der Waals surface area contributed by atoms with Crippen LogP contribution >= 0.6 is 27.7 Å². The van der Waals surface area contributed by atoms with E-state index in [-0.39, 0.29) is 36.5 Å². The number of aliphatic imine (C=N–C) groups is 1.